The van der Waals surface area contributed by atoms with Gasteiger partial charge in [-0.15, -0.1) is 12.4 Å². The molecule has 1 aromatic carbocycles. The standard InChI is InChI=1S/C23H21N3O4.ClH/c1-2-29-23(28)19-20(27)18(13-16-14-26-21-17(16)9-6-11-24-21)30-22(19)25-12-10-15-7-4-3-5-8-15;/h3-9,11,13-14,25H,2,10,12H2,1H3,(H,24,26);1H. The lowest BCUT2D eigenvalue weighted by Crippen LogP contribution is -2.21. The van der Waals surface area contributed by atoms with Crippen molar-refractivity contribution >= 4 is 41.3 Å². The second-order valence-electron chi connectivity index (χ2n) is 6.67. The predicted octanol–water partition coefficient (Wildman–Crippen LogP) is 3.53. The summed E-state index contributed by atoms with van der Waals surface area (Å²) >= 11 is 0. The third-order valence-corrected chi connectivity index (χ3v) is 4.68. The van der Waals surface area contributed by atoms with E-state index in [-0.39, 0.29) is 36.2 Å². The highest BCUT2D eigenvalue weighted by Crippen LogP contribution is 2.28. The predicted molar refractivity (Wildman–Crippen MR) is 119 cm³/mol. The number of hydrogen-bond donors (Lipinski definition) is 2. The maximum Gasteiger partial charge on any atom is 0.347 e. The van der Waals surface area contributed by atoms with Gasteiger partial charge in [0.1, 0.15) is 5.65 Å². The first-order valence-electron chi connectivity index (χ1n) is 9.73. The Morgan fingerprint density at radius 3 is 2.81 bits per heavy atom. The fraction of sp³-hybridized carbons (Fsp3) is 0.174. The Labute approximate surface area is 185 Å². The number of pyridine rings is 1. The van der Waals surface area contributed by atoms with Gasteiger partial charge in [-0.25, -0.2) is 9.78 Å². The number of halogens is 1. The number of carbonyl (C=O) groups excluding carboxylic acids is 2. The summed E-state index contributed by atoms with van der Waals surface area (Å²) in [4.78, 5) is 32.6. The molecule has 0 radical (unpaired) electrons. The number of esters is 1. The van der Waals surface area contributed by atoms with Crippen LogP contribution in [0.3, 0.4) is 0 Å². The van der Waals surface area contributed by atoms with Gasteiger partial charge in [0.15, 0.2) is 11.3 Å². The molecule has 0 saturated heterocycles. The summed E-state index contributed by atoms with van der Waals surface area (Å²) in [7, 11) is 0. The number of benzene rings is 1. The van der Waals surface area contributed by atoms with E-state index in [1.807, 2.05) is 42.5 Å². The molecule has 0 atom stereocenters. The number of aromatic nitrogens is 2. The Kier molecular flexibility index (Phi) is 7.10. The number of ketones is 1. The zero-order valence-electron chi connectivity index (χ0n) is 16.9. The molecule has 160 valence electrons. The number of allylic oxidation sites excluding steroid dienone is 1. The van der Waals surface area contributed by atoms with Crippen molar-refractivity contribution in [2.24, 2.45) is 0 Å². The van der Waals surface area contributed by atoms with Gasteiger partial charge in [0.05, 0.1) is 6.61 Å². The molecule has 3 heterocycles. The van der Waals surface area contributed by atoms with Gasteiger partial charge in [-0.3, -0.25) is 4.79 Å². The molecule has 0 aliphatic carbocycles. The first kappa shape index (κ1) is 22.1. The molecule has 3 aromatic rings. The normalized spacial score (nSPS) is 14.5. The fourth-order valence-corrected chi connectivity index (χ4v) is 3.24. The fourth-order valence-electron chi connectivity index (χ4n) is 3.24. The molecule has 0 amide bonds. The molecule has 1 aliphatic rings. The van der Waals surface area contributed by atoms with Crippen molar-refractivity contribution in [3.05, 3.63) is 83.2 Å². The zero-order chi connectivity index (χ0) is 20.9. The van der Waals surface area contributed by atoms with Crippen LogP contribution in [0, 0.1) is 0 Å². The molecule has 2 N–H and O–H groups in total. The highest BCUT2D eigenvalue weighted by Gasteiger charge is 2.36. The van der Waals surface area contributed by atoms with Crippen LogP contribution in [-0.2, 0) is 25.5 Å². The Morgan fingerprint density at radius 1 is 1.23 bits per heavy atom. The van der Waals surface area contributed by atoms with Crippen LogP contribution in [-0.4, -0.2) is 34.9 Å². The van der Waals surface area contributed by atoms with Crippen molar-refractivity contribution in [1.29, 1.82) is 0 Å². The smallest absolute Gasteiger partial charge is 0.347 e. The number of nitrogens with one attached hydrogen (secondary N) is 2. The number of nitrogens with zero attached hydrogens (tertiary/aromatic N) is 1. The van der Waals surface area contributed by atoms with Crippen molar-refractivity contribution in [1.82, 2.24) is 15.3 Å². The van der Waals surface area contributed by atoms with Gasteiger partial charge in [-0.2, -0.15) is 0 Å². The number of H-pyrrole nitrogens is 1. The SMILES string of the molecule is CCOC(=O)C1=C(NCCc2ccccc2)OC(=Cc2c[nH]c3ncccc23)C1=O.Cl. The Bertz CT molecular complexity index is 1150. The highest BCUT2D eigenvalue weighted by molar-refractivity contribution is 6.26. The monoisotopic (exact) mass is 439 g/mol. The average Bonchev–Trinajstić information content (AvgIpc) is 3.30. The number of hydrogen-bond acceptors (Lipinski definition) is 6. The van der Waals surface area contributed by atoms with E-state index >= 15 is 0 Å². The van der Waals surface area contributed by atoms with Crippen LogP contribution in [0.25, 0.3) is 17.1 Å². The highest BCUT2D eigenvalue weighted by atomic mass is 35.5. The van der Waals surface area contributed by atoms with E-state index in [9.17, 15) is 9.59 Å². The lowest BCUT2D eigenvalue weighted by molar-refractivity contribution is -0.139. The van der Waals surface area contributed by atoms with E-state index in [1.54, 1.807) is 25.4 Å². The quantitative estimate of drug-likeness (QED) is 0.332. The average molecular weight is 440 g/mol. The second kappa shape index (κ2) is 9.95. The van der Waals surface area contributed by atoms with E-state index in [0.717, 1.165) is 16.5 Å². The molecule has 0 fully saturated rings. The van der Waals surface area contributed by atoms with Crippen molar-refractivity contribution in [2.75, 3.05) is 13.2 Å². The minimum atomic E-state index is -0.700. The summed E-state index contributed by atoms with van der Waals surface area (Å²) in [6, 6.07) is 13.6. The van der Waals surface area contributed by atoms with Crippen LogP contribution in [0.2, 0.25) is 0 Å². The zero-order valence-corrected chi connectivity index (χ0v) is 17.7. The molecular formula is C23H22ClN3O4. The molecule has 0 spiro atoms. The topological polar surface area (TPSA) is 93.3 Å². The molecule has 0 unspecified atom stereocenters. The van der Waals surface area contributed by atoms with E-state index in [4.69, 9.17) is 9.47 Å². The van der Waals surface area contributed by atoms with Crippen LogP contribution in [0.1, 0.15) is 18.1 Å². The molecule has 0 saturated carbocycles. The number of Topliss-reactive ketones (excluding diaryl/α,β-unsaturated/α-hetero) is 1. The molecule has 4 rings (SSSR count). The van der Waals surface area contributed by atoms with E-state index in [0.29, 0.717) is 18.6 Å². The van der Waals surface area contributed by atoms with Crippen molar-refractivity contribution in [2.45, 2.75) is 13.3 Å². The minimum absolute atomic E-state index is 0. The van der Waals surface area contributed by atoms with Gasteiger partial charge in [0, 0.05) is 29.9 Å². The number of aromatic amines is 1. The summed E-state index contributed by atoms with van der Waals surface area (Å²) in [5.41, 5.74) is 2.47. The van der Waals surface area contributed by atoms with Crippen LogP contribution >= 0.6 is 12.4 Å². The van der Waals surface area contributed by atoms with E-state index in [1.165, 1.54) is 0 Å². The number of rotatable bonds is 7. The van der Waals surface area contributed by atoms with Gasteiger partial charge in [-0.05, 0) is 37.1 Å². The molecular weight excluding hydrogens is 418 g/mol. The Morgan fingerprint density at radius 2 is 2.03 bits per heavy atom. The largest absolute Gasteiger partial charge is 0.462 e. The summed E-state index contributed by atoms with van der Waals surface area (Å²) in [6.45, 7) is 2.36. The molecule has 8 heteroatoms. The number of ether oxygens (including phenoxy) is 2. The lowest BCUT2D eigenvalue weighted by Gasteiger charge is -2.08. The first-order valence-corrected chi connectivity index (χ1v) is 9.73. The summed E-state index contributed by atoms with van der Waals surface area (Å²) in [5.74, 6) is -1.02. The van der Waals surface area contributed by atoms with Crippen molar-refractivity contribution in [3.63, 3.8) is 0 Å². The molecule has 2 aromatic heterocycles. The van der Waals surface area contributed by atoms with Gasteiger partial charge in [0.2, 0.25) is 11.7 Å². The Balaban J connectivity index is 0.00000272. The molecule has 0 bridgehead atoms. The maximum atomic E-state index is 12.9. The van der Waals surface area contributed by atoms with Crippen LogP contribution < -0.4 is 5.32 Å². The minimum Gasteiger partial charge on any atom is -0.462 e. The van der Waals surface area contributed by atoms with Crippen LogP contribution in [0.5, 0.6) is 0 Å². The van der Waals surface area contributed by atoms with Gasteiger partial charge in [0.25, 0.3) is 0 Å². The maximum absolute atomic E-state index is 12.9. The molecule has 31 heavy (non-hydrogen) atoms. The van der Waals surface area contributed by atoms with Gasteiger partial charge >= 0.3 is 5.97 Å². The van der Waals surface area contributed by atoms with Crippen LogP contribution in [0.15, 0.2) is 72.1 Å². The first-order chi connectivity index (χ1) is 14.7. The summed E-state index contributed by atoms with van der Waals surface area (Å²) in [5, 5.41) is 3.92. The van der Waals surface area contributed by atoms with Gasteiger partial charge < -0.3 is 19.8 Å². The Hall–Kier alpha value is -3.58. The third-order valence-electron chi connectivity index (χ3n) is 4.68. The van der Waals surface area contributed by atoms with E-state index in [2.05, 4.69) is 15.3 Å². The number of fused-ring (bicyclic) bond motifs is 1. The summed E-state index contributed by atoms with van der Waals surface area (Å²) in [6.07, 6.45) is 5.74. The molecule has 7 nitrogen and oxygen atoms in total. The van der Waals surface area contributed by atoms with E-state index < -0.39 is 11.8 Å². The molecule has 1 aliphatic heterocycles. The van der Waals surface area contributed by atoms with Gasteiger partial charge in [-0.1, -0.05) is 30.3 Å². The second-order valence-corrected chi connectivity index (χ2v) is 6.67. The third kappa shape index (κ3) is 4.78. The van der Waals surface area contributed by atoms with Crippen LogP contribution in [0.4, 0.5) is 0 Å². The summed E-state index contributed by atoms with van der Waals surface area (Å²) < 4.78 is 10.8. The lowest BCUT2D eigenvalue weighted by atomic mass is 10.1. The van der Waals surface area contributed by atoms with Crippen molar-refractivity contribution in [3.8, 4) is 0 Å². The number of carbonyl (C=O) groups is 2. The van der Waals surface area contributed by atoms with Crippen molar-refractivity contribution < 1.29 is 19.1 Å².